The second-order valence-electron chi connectivity index (χ2n) is 5.41. The van der Waals surface area contributed by atoms with Crippen molar-refractivity contribution in [1.29, 1.82) is 0 Å². The van der Waals surface area contributed by atoms with Crippen LogP contribution in [0.2, 0.25) is 0 Å². The molecule has 0 heterocycles. The Morgan fingerprint density at radius 1 is 1.25 bits per heavy atom. The maximum absolute atomic E-state index is 13.5. The smallest absolute Gasteiger partial charge is 0.340 e. The van der Waals surface area contributed by atoms with Crippen molar-refractivity contribution in [2.75, 3.05) is 5.32 Å². The fourth-order valence-corrected chi connectivity index (χ4v) is 2.60. The lowest BCUT2D eigenvalue weighted by Crippen LogP contribution is -2.27. The summed E-state index contributed by atoms with van der Waals surface area (Å²) in [5.41, 5.74) is -0.453. The zero-order chi connectivity index (χ0) is 14.7. The lowest BCUT2D eigenvalue weighted by molar-refractivity contribution is -0.121. The van der Waals surface area contributed by atoms with E-state index in [4.69, 9.17) is 5.11 Å². The molecule has 1 aliphatic rings. The summed E-state index contributed by atoms with van der Waals surface area (Å²) in [7, 11) is 0. The molecule has 0 saturated heterocycles. The van der Waals surface area contributed by atoms with Gasteiger partial charge in [-0.25, -0.2) is 9.18 Å². The molecule has 1 fully saturated rings. The number of anilines is 1. The SMILES string of the molecule is CC1CCC(C(=O)Nc2cccc(F)c2C(=O)O)CC1. The molecule has 0 bridgehead atoms. The van der Waals surface area contributed by atoms with Gasteiger partial charge < -0.3 is 10.4 Å². The van der Waals surface area contributed by atoms with Gasteiger partial charge in [0.05, 0.1) is 5.69 Å². The van der Waals surface area contributed by atoms with Crippen molar-refractivity contribution >= 4 is 17.6 Å². The molecule has 1 aromatic carbocycles. The van der Waals surface area contributed by atoms with Crippen molar-refractivity contribution < 1.29 is 19.1 Å². The highest BCUT2D eigenvalue weighted by Crippen LogP contribution is 2.29. The van der Waals surface area contributed by atoms with Gasteiger partial charge in [-0.1, -0.05) is 13.0 Å². The molecule has 0 aliphatic heterocycles. The van der Waals surface area contributed by atoms with Gasteiger partial charge in [0, 0.05) is 5.92 Å². The van der Waals surface area contributed by atoms with Gasteiger partial charge in [-0.05, 0) is 43.7 Å². The van der Waals surface area contributed by atoms with Crippen molar-refractivity contribution in [3.05, 3.63) is 29.6 Å². The maximum atomic E-state index is 13.5. The molecule has 1 aliphatic carbocycles. The number of amides is 1. The minimum absolute atomic E-state index is 0.0288. The molecule has 4 nitrogen and oxygen atoms in total. The van der Waals surface area contributed by atoms with Gasteiger partial charge in [-0.3, -0.25) is 4.79 Å². The number of aromatic carboxylic acids is 1. The zero-order valence-corrected chi connectivity index (χ0v) is 11.4. The van der Waals surface area contributed by atoms with E-state index in [0.29, 0.717) is 5.92 Å². The Labute approximate surface area is 117 Å². The number of carboxylic acid groups (broad SMARTS) is 1. The van der Waals surface area contributed by atoms with Crippen LogP contribution in [0.5, 0.6) is 0 Å². The summed E-state index contributed by atoms with van der Waals surface area (Å²) in [6, 6.07) is 3.87. The predicted octanol–water partition coefficient (Wildman–Crippen LogP) is 3.29. The van der Waals surface area contributed by atoms with Crippen LogP contribution in [0.15, 0.2) is 18.2 Å². The fraction of sp³-hybridized carbons (Fsp3) is 0.467. The van der Waals surface area contributed by atoms with E-state index in [1.165, 1.54) is 12.1 Å². The normalized spacial score (nSPS) is 22.3. The minimum atomic E-state index is -1.38. The van der Waals surface area contributed by atoms with Gasteiger partial charge in [0.25, 0.3) is 0 Å². The van der Waals surface area contributed by atoms with Crippen molar-refractivity contribution in [3.8, 4) is 0 Å². The lowest BCUT2D eigenvalue weighted by atomic mass is 9.82. The molecule has 108 valence electrons. The highest BCUT2D eigenvalue weighted by atomic mass is 19.1. The molecule has 2 N–H and O–H groups in total. The van der Waals surface area contributed by atoms with E-state index in [1.54, 1.807) is 0 Å². The van der Waals surface area contributed by atoms with Crippen LogP contribution in [0.4, 0.5) is 10.1 Å². The largest absolute Gasteiger partial charge is 0.478 e. The Balaban J connectivity index is 2.12. The summed E-state index contributed by atoms with van der Waals surface area (Å²) in [5.74, 6) is -1.92. The standard InChI is InChI=1S/C15H18FNO3/c1-9-5-7-10(8-6-9)14(18)17-12-4-2-3-11(16)13(12)15(19)20/h2-4,9-10H,5-8H2,1H3,(H,17,18)(H,19,20). The van der Waals surface area contributed by atoms with E-state index >= 15 is 0 Å². The molecule has 0 atom stereocenters. The first-order valence-corrected chi connectivity index (χ1v) is 6.81. The molecule has 0 radical (unpaired) electrons. The number of hydrogen-bond acceptors (Lipinski definition) is 2. The Morgan fingerprint density at radius 2 is 1.90 bits per heavy atom. The van der Waals surface area contributed by atoms with E-state index in [2.05, 4.69) is 12.2 Å². The molecule has 0 aromatic heterocycles. The Kier molecular flexibility index (Phi) is 4.37. The van der Waals surface area contributed by atoms with E-state index in [9.17, 15) is 14.0 Å². The van der Waals surface area contributed by atoms with Crippen LogP contribution in [0, 0.1) is 17.7 Å². The minimum Gasteiger partial charge on any atom is -0.478 e. The topological polar surface area (TPSA) is 66.4 Å². The molecular weight excluding hydrogens is 261 g/mol. The quantitative estimate of drug-likeness (QED) is 0.892. The molecule has 0 spiro atoms. The van der Waals surface area contributed by atoms with Crippen LogP contribution >= 0.6 is 0 Å². The molecule has 0 unspecified atom stereocenters. The van der Waals surface area contributed by atoms with Crippen molar-refractivity contribution in [2.24, 2.45) is 11.8 Å². The summed E-state index contributed by atoms with van der Waals surface area (Å²) in [6.07, 6.45) is 3.58. The Bertz CT molecular complexity index is 522. The summed E-state index contributed by atoms with van der Waals surface area (Å²) >= 11 is 0. The average Bonchev–Trinajstić information content (AvgIpc) is 2.39. The first-order chi connectivity index (χ1) is 9.49. The van der Waals surface area contributed by atoms with E-state index in [0.717, 1.165) is 31.7 Å². The molecule has 20 heavy (non-hydrogen) atoms. The van der Waals surface area contributed by atoms with Crippen LogP contribution in [0.1, 0.15) is 43.0 Å². The van der Waals surface area contributed by atoms with Gasteiger partial charge in [-0.15, -0.1) is 0 Å². The third-order valence-corrected chi connectivity index (χ3v) is 3.87. The second-order valence-corrected chi connectivity index (χ2v) is 5.41. The zero-order valence-electron chi connectivity index (χ0n) is 11.4. The average molecular weight is 279 g/mol. The summed E-state index contributed by atoms with van der Waals surface area (Å²) in [4.78, 5) is 23.2. The number of carboxylic acids is 1. The summed E-state index contributed by atoms with van der Waals surface area (Å²) < 4.78 is 13.5. The molecule has 1 amide bonds. The van der Waals surface area contributed by atoms with Gasteiger partial charge in [0.15, 0.2) is 0 Å². The molecule has 5 heteroatoms. The van der Waals surface area contributed by atoms with Crippen molar-refractivity contribution in [2.45, 2.75) is 32.6 Å². The number of nitrogens with one attached hydrogen (secondary N) is 1. The number of carbonyl (C=O) groups excluding carboxylic acids is 1. The number of carbonyl (C=O) groups is 2. The number of rotatable bonds is 3. The number of benzene rings is 1. The lowest BCUT2D eigenvalue weighted by Gasteiger charge is -2.25. The fourth-order valence-electron chi connectivity index (χ4n) is 2.60. The van der Waals surface area contributed by atoms with Gasteiger partial charge in [-0.2, -0.15) is 0 Å². The molecule has 1 aromatic rings. The van der Waals surface area contributed by atoms with Crippen LogP contribution in [0.3, 0.4) is 0 Å². The Hall–Kier alpha value is -1.91. The molecule has 2 rings (SSSR count). The summed E-state index contributed by atoms with van der Waals surface area (Å²) in [6.45, 7) is 2.16. The van der Waals surface area contributed by atoms with Crippen LogP contribution < -0.4 is 5.32 Å². The van der Waals surface area contributed by atoms with Crippen LogP contribution in [-0.2, 0) is 4.79 Å². The van der Waals surface area contributed by atoms with E-state index in [1.807, 2.05) is 0 Å². The number of hydrogen-bond donors (Lipinski definition) is 2. The first kappa shape index (κ1) is 14.5. The van der Waals surface area contributed by atoms with Crippen LogP contribution in [-0.4, -0.2) is 17.0 Å². The van der Waals surface area contributed by atoms with Crippen LogP contribution in [0.25, 0.3) is 0 Å². The first-order valence-electron chi connectivity index (χ1n) is 6.81. The highest BCUT2D eigenvalue weighted by molar-refractivity contribution is 6.01. The number of halogens is 1. The Morgan fingerprint density at radius 3 is 2.50 bits per heavy atom. The van der Waals surface area contributed by atoms with Gasteiger partial charge >= 0.3 is 5.97 Å². The van der Waals surface area contributed by atoms with E-state index < -0.39 is 17.3 Å². The summed E-state index contributed by atoms with van der Waals surface area (Å²) in [5, 5.41) is 11.6. The van der Waals surface area contributed by atoms with E-state index in [-0.39, 0.29) is 17.5 Å². The maximum Gasteiger partial charge on any atom is 0.340 e. The van der Waals surface area contributed by atoms with Gasteiger partial charge in [0.1, 0.15) is 11.4 Å². The molecule has 1 saturated carbocycles. The monoisotopic (exact) mass is 279 g/mol. The third kappa shape index (κ3) is 3.15. The van der Waals surface area contributed by atoms with Crippen molar-refractivity contribution in [3.63, 3.8) is 0 Å². The second kappa shape index (κ2) is 6.03. The predicted molar refractivity (Wildman–Crippen MR) is 73.1 cm³/mol. The van der Waals surface area contributed by atoms with Gasteiger partial charge in [0.2, 0.25) is 5.91 Å². The van der Waals surface area contributed by atoms with Crippen molar-refractivity contribution in [1.82, 2.24) is 0 Å². The third-order valence-electron chi connectivity index (χ3n) is 3.87. The molecular formula is C15H18FNO3. The highest BCUT2D eigenvalue weighted by Gasteiger charge is 2.26.